The fourth-order valence-electron chi connectivity index (χ4n) is 1.79. The van der Waals surface area contributed by atoms with Crippen LogP contribution in [0.25, 0.3) is 0 Å². The van der Waals surface area contributed by atoms with E-state index in [9.17, 15) is 0 Å². The summed E-state index contributed by atoms with van der Waals surface area (Å²) in [6, 6.07) is 8.26. The summed E-state index contributed by atoms with van der Waals surface area (Å²) in [7, 11) is 3.10. The minimum Gasteiger partial charge on any atom is -0.415 e. The lowest BCUT2D eigenvalue weighted by Gasteiger charge is -2.26. The van der Waals surface area contributed by atoms with E-state index < -0.39 is 0 Å². The van der Waals surface area contributed by atoms with E-state index in [1.165, 1.54) is 11.1 Å². The standard InChI is InChI=1S/C13H18ClOSi/c1-9(10(2)15-16)11-7-5-6-8-12(11)13(3,4)14/h5-10H,1-4H3. The third-order valence-electron chi connectivity index (χ3n) is 2.98. The molecule has 1 rings (SSSR count). The van der Waals surface area contributed by atoms with Gasteiger partial charge in [0, 0.05) is 12.0 Å². The van der Waals surface area contributed by atoms with Crippen molar-refractivity contribution in [1.82, 2.24) is 0 Å². The molecule has 2 atom stereocenters. The third kappa shape index (κ3) is 3.09. The van der Waals surface area contributed by atoms with Gasteiger partial charge in [0.2, 0.25) is 10.5 Å². The van der Waals surface area contributed by atoms with Crippen molar-refractivity contribution >= 4 is 22.1 Å². The predicted molar refractivity (Wildman–Crippen MR) is 70.0 cm³/mol. The summed E-state index contributed by atoms with van der Waals surface area (Å²) in [4.78, 5) is -0.351. The number of hydrogen-bond acceptors (Lipinski definition) is 1. The summed E-state index contributed by atoms with van der Waals surface area (Å²) in [5.41, 5.74) is 2.41. The second-order valence-electron chi connectivity index (χ2n) is 4.67. The van der Waals surface area contributed by atoms with Gasteiger partial charge < -0.3 is 4.43 Å². The highest BCUT2D eigenvalue weighted by Crippen LogP contribution is 2.35. The van der Waals surface area contributed by atoms with Gasteiger partial charge in [-0.15, -0.1) is 11.6 Å². The Morgan fingerprint density at radius 3 is 2.31 bits per heavy atom. The van der Waals surface area contributed by atoms with Crippen LogP contribution in [0.1, 0.15) is 44.7 Å². The maximum atomic E-state index is 6.40. The van der Waals surface area contributed by atoms with Crippen molar-refractivity contribution in [2.75, 3.05) is 0 Å². The SMILES string of the molecule is CC(O[Si])C(C)c1ccccc1C(C)(C)Cl. The van der Waals surface area contributed by atoms with Crippen LogP contribution in [-0.4, -0.2) is 16.6 Å². The molecule has 1 aromatic rings. The van der Waals surface area contributed by atoms with Crippen LogP contribution in [0.2, 0.25) is 0 Å². The van der Waals surface area contributed by atoms with Gasteiger partial charge in [0.15, 0.2) is 0 Å². The number of alkyl halides is 1. The molecule has 2 unspecified atom stereocenters. The first-order chi connectivity index (χ1) is 7.38. The predicted octanol–water partition coefficient (Wildman–Crippen LogP) is 3.75. The van der Waals surface area contributed by atoms with Crippen molar-refractivity contribution in [3.63, 3.8) is 0 Å². The van der Waals surface area contributed by atoms with Crippen LogP contribution in [0.4, 0.5) is 0 Å². The minimum atomic E-state index is -0.351. The topological polar surface area (TPSA) is 9.23 Å². The van der Waals surface area contributed by atoms with Gasteiger partial charge in [0.1, 0.15) is 0 Å². The Morgan fingerprint density at radius 1 is 1.25 bits per heavy atom. The van der Waals surface area contributed by atoms with Gasteiger partial charge in [-0.25, -0.2) is 0 Å². The van der Waals surface area contributed by atoms with Crippen molar-refractivity contribution in [2.24, 2.45) is 0 Å². The Hall–Kier alpha value is -0.313. The van der Waals surface area contributed by atoms with Crippen LogP contribution < -0.4 is 0 Å². The van der Waals surface area contributed by atoms with Gasteiger partial charge >= 0.3 is 0 Å². The first kappa shape index (κ1) is 13.8. The van der Waals surface area contributed by atoms with E-state index in [4.69, 9.17) is 16.0 Å². The Labute approximate surface area is 107 Å². The Balaban J connectivity index is 3.13. The zero-order valence-electron chi connectivity index (χ0n) is 10.3. The van der Waals surface area contributed by atoms with Crippen molar-refractivity contribution in [1.29, 1.82) is 0 Å². The molecule has 0 aromatic heterocycles. The molecule has 0 amide bonds. The highest BCUT2D eigenvalue weighted by molar-refractivity contribution is 6.23. The zero-order chi connectivity index (χ0) is 12.3. The number of hydrogen-bond donors (Lipinski definition) is 0. The van der Waals surface area contributed by atoms with Gasteiger partial charge in [-0.2, -0.15) is 0 Å². The molecule has 1 aromatic carbocycles. The molecule has 0 aliphatic carbocycles. The van der Waals surface area contributed by atoms with E-state index in [0.29, 0.717) is 5.92 Å². The molecule has 3 radical (unpaired) electrons. The normalized spacial score (nSPS) is 15.9. The van der Waals surface area contributed by atoms with Crippen LogP contribution in [-0.2, 0) is 9.30 Å². The van der Waals surface area contributed by atoms with E-state index in [2.05, 4.69) is 29.5 Å². The molecular weight excluding hydrogens is 236 g/mol. The first-order valence-corrected chi connectivity index (χ1v) is 6.27. The lowest BCUT2D eigenvalue weighted by Crippen LogP contribution is -2.20. The van der Waals surface area contributed by atoms with Gasteiger partial charge in [-0.3, -0.25) is 0 Å². The smallest absolute Gasteiger partial charge is 0.246 e. The molecule has 0 saturated carbocycles. The monoisotopic (exact) mass is 253 g/mol. The summed E-state index contributed by atoms with van der Waals surface area (Å²) < 4.78 is 5.20. The van der Waals surface area contributed by atoms with E-state index in [1.807, 2.05) is 32.9 Å². The fourth-order valence-corrected chi connectivity index (χ4v) is 2.17. The van der Waals surface area contributed by atoms with Crippen molar-refractivity contribution in [2.45, 2.75) is 44.6 Å². The molecule has 0 saturated heterocycles. The number of rotatable bonds is 4. The highest BCUT2D eigenvalue weighted by atomic mass is 35.5. The van der Waals surface area contributed by atoms with Crippen LogP contribution >= 0.6 is 11.6 Å². The Bertz CT molecular complexity index is 346. The fraction of sp³-hybridized carbons (Fsp3) is 0.538. The quantitative estimate of drug-likeness (QED) is 0.587. The largest absolute Gasteiger partial charge is 0.415 e. The van der Waals surface area contributed by atoms with Crippen LogP contribution in [0, 0.1) is 0 Å². The van der Waals surface area contributed by atoms with Crippen molar-refractivity contribution < 1.29 is 4.43 Å². The second kappa shape index (κ2) is 5.35. The Morgan fingerprint density at radius 2 is 1.81 bits per heavy atom. The summed E-state index contributed by atoms with van der Waals surface area (Å²) in [5.74, 6) is 0.298. The summed E-state index contributed by atoms with van der Waals surface area (Å²) in [6.07, 6.45) is 0.108. The maximum Gasteiger partial charge on any atom is 0.246 e. The van der Waals surface area contributed by atoms with Crippen LogP contribution in [0.5, 0.6) is 0 Å². The molecule has 16 heavy (non-hydrogen) atoms. The average Bonchev–Trinajstić information content (AvgIpc) is 2.26. The van der Waals surface area contributed by atoms with Crippen LogP contribution in [0.3, 0.4) is 0 Å². The first-order valence-electron chi connectivity index (χ1n) is 5.48. The highest BCUT2D eigenvalue weighted by Gasteiger charge is 2.24. The number of benzene rings is 1. The molecule has 1 nitrogen and oxygen atoms in total. The van der Waals surface area contributed by atoms with Gasteiger partial charge in [-0.05, 0) is 31.9 Å². The number of halogens is 1. The third-order valence-corrected chi connectivity index (χ3v) is 3.56. The molecule has 0 heterocycles. The summed E-state index contributed by atoms with van der Waals surface area (Å²) in [5, 5.41) is 0. The van der Waals surface area contributed by atoms with E-state index in [0.717, 1.165) is 0 Å². The van der Waals surface area contributed by atoms with E-state index in [1.54, 1.807) is 0 Å². The Kier molecular flexibility index (Phi) is 4.59. The second-order valence-corrected chi connectivity index (χ2v) is 5.85. The summed E-state index contributed by atoms with van der Waals surface area (Å²) >= 11 is 6.40. The molecule has 0 N–H and O–H groups in total. The molecule has 0 aliphatic heterocycles. The van der Waals surface area contributed by atoms with Gasteiger partial charge in [0.25, 0.3) is 0 Å². The molecule has 0 bridgehead atoms. The summed E-state index contributed by atoms with van der Waals surface area (Å²) in [6.45, 7) is 8.21. The molecule has 0 spiro atoms. The minimum absolute atomic E-state index is 0.108. The lowest BCUT2D eigenvalue weighted by molar-refractivity contribution is 0.214. The van der Waals surface area contributed by atoms with E-state index >= 15 is 0 Å². The molecule has 0 aliphatic rings. The maximum absolute atomic E-state index is 6.40. The van der Waals surface area contributed by atoms with E-state index in [-0.39, 0.29) is 11.0 Å². The molecule has 3 heteroatoms. The average molecular weight is 254 g/mol. The van der Waals surface area contributed by atoms with Crippen molar-refractivity contribution in [3.8, 4) is 0 Å². The molecular formula is C13H18ClOSi. The van der Waals surface area contributed by atoms with Gasteiger partial charge in [0.05, 0.1) is 4.87 Å². The van der Waals surface area contributed by atoms with Crippen molar-refractivity contribution in [3.05, 3.63) is 35.4 Å². The molecule has 87 valence electrons. The molecule has 0 fully saturated rings. The van der Waals surface area contributed by atoms with Crippen LogP contribution in [0.15, 0.2) is 24.3 Å². The zero-order valence-corrected chi connectivity index (χ0v) is 12.0. The lowest BCUT2D eigenvalue weighted by atomic mass is 9.87. The van der Waals surface area contributed by atoms with Gasteiger partial charge in [-0.1, -0.05) is 31.2 Å².